The number of anilines is 1. The van der Waals surface area contributed by atoms with Gasteiger partial charge in [0.25, 0.3) is 5.91 Å². The molecule has 0 saturated carbocycles. The molecule has 0 radical (unpaired) electrons. The first kappa shape index (κ1) is 16.7. The number of rotatable bonds is 4. The number of piperidine rings is 1. The minimum atomic E-state index is -0.351. The summed E-state index contributed by atoms with van der Waals surface area (Å²) < 4.78 is 6.12. The van der Waals surface area contributed by atoms with Gasteiger partial charge in [-0.3, -0.25) is 14.7 Å². The van der Waals surface area contributed by atoms with Crippen LogP contribution in [0.1, 0.15) is 24.1 Å². The zero-order valence-electron chi connectivity index (χ0n) is 14.4. The highest BCUT2D eigenvalue weighted by molar-refractivity contribution is 7.07. The maximum absolute atomic E-state index is 12.6. The van der Waals surface area contributed by atoms with Gasteiger partial charge in [0.15, 0.2) is 0 Å². The normalized spacial score (nSPS) is 26.4. The fraction of sp³-hybridized carbons (Fsp3) is 0.474. The standard InChI is InChI=1S/C19H23N3O2S/c1-13-16(3-2-6-20-13)21-19(23)17-9-15-4-7-22(11-18(15)24-17)10-14-5-8-25-12-14/h2-3,5-6,8,12,15,17-18H,4,7,9-11H2,1H3,(H,21,23)/t15-,17+,18+/m1/s1. The Morgan fingerprint density at radius 1 is 1.48 bits per heavy atom. The molecular formula is C19H23N3O2S. The van der Waals surface area contributed by atoms with Crippen LogP contribution in [0.3, 0.4) is 0 Å². The van der Waals surface area contributed by atoms with E-state index in [-0.39, 0.29) is 18.1 Å². The quantitative estimate of drug-likeness (QED) is 0.914. The molecule has 1 amide bonds. The maximum atomic E-state index is 12.6. The Labute approximate surface area is 152 Å². The summed E-state index contributed by atoms with van der Waals surface area (Å²) >= 11 is 1.74. The van der Waals surface area contributed by atoms with Gasteiger partial charge < -0.3 is 10.1 Å². The fourth-order valence-electron chi connectivity index (χ4n) is 3.78. The van der Waals surface area contributed by atoms with Crippen LogP contribution in [0.25, 0.3) is 0 Å². The van der Waals surface area contributed by atoms with E-state index in [1.54, 1.807) is 17.5 Å². The van der Waals surface area contributed by atoms with E-state index in [1.807, 2.05) is 19.1 Å². The molecule has 0 aromatic carbocycles. The van der Waals surface area contributed by atoms with E-state index in [9.17, 15) is 4.79 Å². The number of ether oxygens (including phenoxy) is 1. The Bertz CT molecular complexity index is 734. The summed E-state index contributed by atoms with van der Waals surface area (Å²) in [4.78, 5) is 19.2. The molecule has 6 heteroatoms. The molecule has 25 heavy (non-hydrogen) atoms. The van der Waals surface area contributed by atoms with Crippen LogP contribution in [0, 0.1) is 12.8 Å². The van der Waals surface area contributed by atoms with Crippen molar-refractivity contribution in [1.82, 2.24) is 9.88 Å². The van der Waals surface area contributed by atoms with Crippen LogP contribution in [0.15, 0.2) is 35.2 Å². The number of nitrogens with zero attached hydrogens (tertiary/aromatic N) is 2. The van der Waals surface area contributed by atoms with Crippen molar-refractivity contribution in [3.8, 4) is 0 Å². The van der Waals surface area contributed by atoms with Crippen molar-refractivity contribution >= 4 is 22.9 Å². The number of fused-ring (bicyclic) bond motifs is 1. The predicted molar refractivity (Wildman–Crippen MR) is 98.6 cm³/mol. The molecular weight excluding hydrogens is 334 g/mol. The lowest BCUT2D eigenvalue weighted by Crippen LogP contribution is -2.41. The highest BCUT2D eigenvalue weighted by Crippen LogP contribution is 2.34. The highest BCUT2D eigenvalue weighted by atomic mass is 32.1. The summed E-state index contributed by atoms with van der Waals surface area (Å²) in [7, 11) is 0. The first-order valence-corrected chi connectivity index (χ1v) is 9.74. The SMILES string of the molecule is Cc1ncccc1NC(=O)[C@@H]1C[C@H]2CCN(Cc3ccsc3)C[C@@H]2O1. The van der Waals surface area contributed by atoms with E-state index in [2.05, 4.69) is 32.0 Å². The van der Waals surface area contributed by atoms with E-state index < -0.39 is 0 Å². The summed E-state index contributed by atoms with van der Waals surface area (Å²) in [6.07, 6.45) is 3.47. The summed E-state index contributed by atoms with van der Waals surface area (Å²) in [5.41, 5.74) is 2.96. The number of hydrogen-bond acceptors (Lipinski definition) is 5. The molecule has 132 valence electrons. The Morgan fingerprint density at radius 2 is 2.40 bits per heavy atom. The molecule has 0 unspecified atom stereocenters. The summed E-state index contributed by atoms with van der Waals surface area (Å²) in [5, 5.41) is 7.29. The van der Waals surface area contributed by atoms with Crippen molar-refractivity contribution in [1.29, 1.82) is 0 Å². The van der Waals surface area contributed by atoms with Gasteiger partial charge in [-0.15, -0.1) is 0 Å². The zero-order valence-corrected chi connectivity index (χ0v) is 15.2. The van der Waals surface area contributed by atoms with Crippen molar-refractivity contribution < 1.29 is 9.53 Å². The smallest absolute Gasteiger partial charge is 0.253 e. The maximum Gasteiger partial charge on any atom is 0.253 e. The number of aromatic nitrogens is 1. The number of likely N-dealkylation sites (tertiary alicyclic amines) is 1. The second-order valence-corrected chi connectivity index (χ2v) is 7.72. The lowest BCUT2D eigenvalue weighted by atomic mass is 9.91. The molecule has 2 aromatic heterocycles. The van der Waals surface area contributed by atoms with E-state index in [4.69, 9.17) is 4.74 Å². The third-order valence-electron chi connectivity index (χ3n) is 5.18. The number of carbonyl (C=O) groups is 1. The van der Waals surface area contributed by atoms with Crippen LogP contribution < -0.4 is 5.32 Å². The second kappa shape index (κ2) is 7.23. The van der Waals surface area contributed by atoms with E-state index in [1.165, 1.54) is 5.56 Å². The minimum Gasteiger partial charge on any atom is -0.364 e. The van der Waals surface area contributed by atoms with Gasteiger partial charge in [-0.05, 0) is 66.8 Å². The Kier molecular flexibility index (Phi) is 4.83. The topological polar surface area (TPSA) is 54.5 Å². The van der Waals surface area contributed by atoms with Gasteiger partial charge in [0.05, 0.1) is 17.5 Å². The molecule has 0 bridgehead atoms. The number of pyridine rings is 1. The third-order valence-corrected chi connectivity index (χ3v) is 5.91. The first-order chi connectivity index (χ1) is 12.2. The van der Waals surface area contributed by atoms with Gasteiger partial charge in [0.2, 0.25) is 0 Å². The van der Waals surface area contributed by atoms with E-state index in [0.717, 1.165) is 43.9 Å². The van der Waals surface area contributed by atoms with Gasteiger partial charge in [-0.2, -0.15) is 11.3 Å². The number of carbonyl (C=O) groups excluding carboxylic acids is 1. The number of hydrogen-bond donors (Lipinski definition) is 1. The molecule has 1 N–H and O–H groups in total. The average Bonchev–Trinajstić information content (AvgIpc) is 3.26. The Morgan fingerprint density at radius 3 is 3.20 bits per heavy atom. The monoisotopic (exact) mass is 357 g/mol. The number of thiophene rings is 1. The molecule has 2 fully saturated rings. The number of aryl methyl sites for hydroxylation is 1. The van der Waals surface area contributed by atoms with Gasteiger partial charge >= 0.3 is 0 Å². The average molecular weight is 357 g/mol. The number of nitrogens with one attached hydrogen (secondary N) is 1. The minimum absolute atomic E-state index is 0.0464. The van der Waals surface area contributed by atoms with Crippen LogP contribution >= 0.6 is 11.3 Å². The molecule has 4 rings (SSSR count). The molecule has 2 saturated heterocycles. The largest absolute Gasteiger partial charge is 0.364 e. The molecule has 5 nitrogen and oxygen atoms in total. The molecule has 4 heterocycles. The van der Waals surface area contributed by atoms with Gasteiger partial charge in [0, 0.05) is 19.3 Å². The molecule has 2 aromatic rings. The van der Waals surface area contributed by atoms with Crippen molar-refractivity contribution in [2.24, 2.45) is 5.92 Å². The second-order valence-electron chi connectivity index (χ2n) is 6.94. The molecule has 0 aliphatic carbocycles. The summed E-state index contributed by atoms with van der Waals surface area (Å²) in [6.45, 7) is 4.86. The van der Waals surface area contributed by atoms with Crippen molar-refractivity contribution in [3.63, 3.8) is 0 Å². The van der Waals surface area contributed by atoms with Crippen LogP contribution in [0.5, 0.6) is 0 Å². The van der Waals surface area contributed by atoms with Crippen molar-refractivity contribution in [2.75, 3.05) is 18.4 Å². The van der Waals surface area contributed by atoms with Gasteiger partial charge in [-0.1, -0.05) is 0 Å². The summed E-state index contributed by atoms with van der Waals surface area (Å²) in [6, 6.07) is 5.89. The molecule has 3 atom stereocenters. The van der Waals surface area contributed by atoms with Crippen LogP contribution in [0.4, 0.5) is 5.69 Å². The van der Waals surface area contributed by atoms with Crippen LogP contribution in [0.2, 0.25) is 0 Å². The lowest BCUT2D eigenvalue weighted by Gasteiger charge is -2.33. The van der Waals surface area contributed by atoms with Crippen molar-refractivity contribution in [3.05, 3.63) is 46.4 Å². The Hall–Kier alpha value is -1.76. The van der Waals surface area contributed by atoms with E-state index >= 15 is 0 Å². The Balaban J connectivity index is 1.34. The molecule has 2 aliphatic heterocycles. The molecule has 0 spiro atoms. The lowest BCUT2D eigenvalue weighted by molar-refractivity contribution is -0.127. The number of amides is 1. The third kappa shape index (κ3) is 3.76. The zero-order chi connectivity index (χ0) is 17.2. The van der Waals surface area contributed by atoms with E-state index in [0.29, 0.717) is 5.92 Å². The molecule has 2 aliphatic rings. The first-order valence-electron chi connectivity index (χ1n) is 8.80. The highest BCUT2D eigenvalue weighted by Gasteiger charge is 2.41. The fourth-order valence-corrected chi connectivity index (χ4v) is 4.44. The summed E-state index contributed by atoms with van der Waals surface area (Å²) in [5.74, 6) is 0.444. The van der Waals surface area contributed by atoms with Crippen LogP contribution in [-0.4, -0.2) is 41.1 Å². The van der Waals surface area contributed by atoms with Crippen molar-refractivity contribution in [2.45, 2.75) is 38.5 Å². The van der Waals surface area contributed by atoms with Gasteiger partial charge in [0.1, 0.15) is 6.10 Å². The van der Waals surface area contributed by atoms with Gasteiger partial charge in [-0.25, -0.2) is 0 Å². The van der Waals surface area contributed by atoms with Crippen LogP contribution in [-0.2, 0) is 16.1 Å². The predicted octanol–water partition coefficient (Wildman–Crippen LogP) is 3.07.